The highest BCUT2D eigenvalue weighted by Crippen LogP contribution is 2.35. The first kappa shape index (κ1) is 15.7. The number of hydrogen-bond acceptors (Lipinski definition) is 4. The van der Waals surface area contributed by atoms with E-state index >= 15 is 0 Å². The molecule has 0 fully saturated rings. The van der Waals surface area contributed by atoms with E-state index in [-0.39, 0.29) is 0 Å². The van der Waals surface area contributed by atoms with Crippen LogP contribution in [0.4, 0.5) is 0 Å². The zero-order valence-corrected chi connectivity index (χ0v) is 13.3. The molecule has 0 aliphatic carbocycles. The second kappa shape index (κ2) is 6.83. The van der Waals surface area contributed by atoms with E-state index in [1.807, 2.05) is 24.6 Å². The van der Waals surface area contributed by atoms with Crippen LogP contribution in [0.1, 0.15) is 23.9 Å². The molecule has 0 saturated heterocycles. The van der Waals surface area contributed by atoms with Gasteiger partial charge in [-0.1, -0.05) is 11.6 Å². The van der Waals surface area contributed by atoms with Gasteiger partial charge >= 0.3 is 0 Å². The predicted octanol–water partition coefficient (Wildman–Crippen LogP) is 2.91. The van der Waals surface area contributed by atoms with Crippen molar-refractivity contribution >= 4 is 11.6 Å². The molecule has 5 nitrogen and oxygen atoms in total. The molecule has 21 heavy (non-hydrogen) atoms. The van der Waals surface area contributed by atoms with Gasteiger partial charge in [0.15, 0.2) is 11.5 Å². The lowest BCUT2D eigenvalue weighted by atomic mass is 10.2. The Morgan fingerprint density at radius 2 is 2.10 bits per heavy atom. The number of ether oxygens (including phenoxy) is 2. The van der Waals surface area contributed by atoms with Crippen molar-refractivity contribution in [3.63, 3.8) is 0 Å². The van der Waals surface area contributed by atoms with Crippen LogP contribution in [0.25, 0.3) is 0 Å². The highest BCUT2D eigenvalue weighted by atomic mass is 35.5. The lowest BCUT2D eigenvalue weighted by Crippen LogP contribution is -2.09. The molecule has 0 amide bonds. The normalized spacial score (nSPS) is 10.7. The number of rotatable bonds is 6. The molecule has 1 aromatic carbocycles. The van der Waals surface area contributed by atoms with E-state index in [4.69, 9.17) is 26.8 Å². The van der Waals surface area contributed by atoms with Gasteiger partial charge in [0.05, 0.1) is 18.5 Å². The molecule has 0 aliphatic heterocycles. The third-order valence-electron chi connectivity index (χ3n) is 3.19. The summed E-state index contributed by atoms with van der Waals surface area (Å²) in [5.74, 6) is 1.22. The third-order valence-corrected chi connectivity index (χ3v) is 3.40. The summed E-state index contributed by atoms with van der Waals surface area (Å²) in [7, 11) is 1.58. The average Bonchev–Trinajstić information content (AvgIpc) is 2.84. The fourth-order valence-corrected chi connectivity index (χ4v) is 2.46. The van der Waals surface area contributed by atoms with Crippen molar-refractivity contribution in [3.05, 3.63) is 40.2 Å². The number of methoxy groups -OCH3 is 1. The van der Waals surface area contributed by atoms with Gasteiger partial charge in [-0.2, -0.15) is 5.10 Å². The molecule has 2 rings (SSSR count). The molecule has 0 bridgehead atoms. The van der Waals surface area contributed by atoms with Crippen LogP contribution in [-0.2, 0) is 19.7 Å². The van der Waals surface area contributed by atoms with Gasteiger partial charge in [-0.15, -0.1) is 0 Å². The molecule has 0 radical (unpaired) electrons. The van der Waals surface area contributed by atoms with Gasteiger partial charge in [0.25, 0.3) is 0 Å². The number of nitrogens with zero attached hydrogens (tertiary/aromatic N) is 2. The molecule has 0 spiro atoms. The number of aromatic nitrogens is 2. The second-order valence-electron chi connectivity index (χ2n) is 4.68. The smallest absolute Gasteiger partial charge is 0.166 e. The Morgan fingerprint density at radius 1 is 1.33 bits per heavy atom. The van der Waals surface area contributed by atoms with Gasteiger partial charge in [0, 0.05) is 29.7 Å². The molecule has 1 heterocycles. The van der Waals surface area contributed by atoms with E-state index in [0.29, 0.717) is 29.7 Å². The van der Waals surface area contributed by atoms with Crippen molar-refractivity contribution in [3.8, 4) is 11.5 Å². The van der Waals surface area contributed by atoms with Crippen molar-refractivity contribution in [2.24, 2.45) is 5.73 Å². The van der Waals surface area contributed by atoms with E-state index < -0.39 is 0 Å². The summed E-state index contributed by atoms with van der Waals surface area (Å²) in [5, 5.41) is 4.98. The van der Waals surface area contributed by atoms with Crippen LogP contribution in [-0.4, -0.2) is 16.9 Å². The van der Waals surface area contributed by atoms with Gasteiger partial charge in [-0.05, 0) is 26.0 Å². The number of nitrogens with two attached hydrogens (primary N) is 1. The second-order valence-corrected chi connectivity index (χ2v) is 5.12. The first-order valence-corrected chi connectivity index (χ1v) is 7.19. The van der Waals surface area contributed by atoms with Crippen molar-refractivity contribution in [1.29, 1.82) is 0 Å². The molecule has 0 atom stereocenters. The standard InChI is InChI=1S/C15H20ClN3O2/c1-4-19-13(5-10(2)18-19)9-21-15-11(8-17)6-12(16)7-14(15)20-3/h5-7H,4,8-9,17H2,1-3H3. The molecular weight excluding hydrogens is 290 g/mol. The van der Waals surface area contributed by atoms with Crippen LogP contribution < -0.4 is 15.2 Å². The molecule has 0 saturated carbocycles. The van der Waals surface area contributed by atoms with Gasteiger partial charge in [-0.3, -0.25) is 4.68 Å². The molecule has 2 aromatic rings. The summed E-state index contributed by atoms with van der Waals surface area (Å²) in [6.07, 6.45) is 0. The minimum absolute atomic E-state index is 0.332. The molecule has 0 aliphatic rings. The Hall–Kier alpha value is -1.72. The summed E-state index contributed by atoms with van der Waals surface area (Å²) in [5.41, 5.74) is 8.56. The molecule has 6 heteroatoms. The van der Waals surface area contributed by atoms with Crippen LogP contribution in [0.5, 0.6) is 11.5 Å². The summed E-state index contributed by atoms with van der Waals surface area (Å²) in [6.45, 7) is 5.54. The first-order chi connectivity index (χ1) is 10.1. The fourth-order valence-electron chi connectivity index (χ4n) is 2.22. The lowest BCUT2D eigenvalue weighted by Gasteiger charge is -2.15. The van der Waals surface area contributed by atoms with Crippen molar-refractivity contribution in [1.82, 2.24) is 9.78 Å². The first-order valence-electron chi connectivity index (χ1n) is 6.81. The summed E-state index contributed by atoms with van der Waals surface area (Å²) in [4.78, 5) is 0. The molecule has 2 N–H and O–H groups in total. The zero-order valence-electron chi connectivity index (χ0n) is 12.5. The van der Waals surface area contributed by atoms with E-state index in [2.05, 4.69) is 5.10 Å². The average molecular weight is 310 g/mol. The molecular formula is C15H20ClN3O2. The van der Waals surface area contributed by atoms with Crippen LogP contribution in [0.3, 0.4) is 0 Å². The van der Waals surface area contributed by atoms with E-state index in [0.717, 1.165) is 23.5 Å². The van der Waals surface area contributed by atoms with Crippen LogP contribution >= 0.6 is 11.6 Å². The minimum Gasteiger partial charge on any atom is -0.493 e. The van der Waals surface area contributed by atoms with Gasteiger partial charge in [-0.25, -0.2) is 0 Å². The summed E-state index contributed by atoms with van der Waals surface area (Å²) in [6, 6.07) is 5.52. The van der Waals surface area contributed by atoms with Crippen LogP contribution in [0.2, 0.25) is 5.02 Å². The van der Waals surface area contributed by atoms with Crippen LogP contribution in [0.15, 0.2) is 18.2 Å². The molecule has 114 valence electrons. The van der Waals surface area contributed by atoms with E-state index in [9.17, 15) is 0 Å². The Bertz CT molecular complexity index is 600. The van der Waals surface area contributed by atoms with Crippen LogP contribution in [0, 0.1) is 6.92 Å². The Kier molecular flexibility index (Phi) is 5.09. The number of aryl methyl sites for hydroxylation is 2. The summed E-state index contributed by atoms with van der Waals surface area (Å²) < 4.78 is 13.2. The van der Waals surface area contributed by atoms with Crippen molar-refractivity contribution in [2.75, 3.05) is 7.11 Å². The van der Waals surface area contributed by atoms with E-state index in [1.165, 1.54) is 0 Å². The van der Waals surface area contributed by atoms with Gasteiger partial charge in [0.2, 0.25) is 0 Å². The predicted molar refractivity (Wildman–Crippen MR) is 82.9 cm³/mol. The quantitative estimate of drug-likeness (QED) is 0.891. The van der Waals surface area contributed by atoms with E-state index in [1.54, 1.807) is 19.2 Å². The maximum absolute atomic E-state index is 6.04. The molecule has 0 unspecified atom stereocenters. The Morgan fingerprint density at radius 3 is 2.71 bits per heavy atom. The number of hydrogen-bond donors (Lipinski definition) is 1. The molecule has 1 aromatic heterocycles. The van der Waals surface area contributed by atoms with Gasteiger partial charge < -0.3 is 15.2 Å². The topological polar surface area (TPSA) is 62.3 Å². The Balaban J connectivity index is 2.26. The van der Waals surface area contributed by atoms with Gasteiger partial charge in [0.1, 0.15) is 6.61 Å². The zero-order chi connectivity index (χ0) is 15.4. The monoisotopic (exact) mass is 309 g/mol. The van der Waals surface area contributed by atoms with Crippen molar-refractivity contribution in [2.45, 2.75) is 33.5 Å². The maximum Gasteiger partial charge on any atom is 0.166 e. The Labute approximate surface area is 129 Å². The highest BCUT2D eigenvalue weighted by molar-refractivity contribution is 6.30. The fraction of sp³-hybridized carbons (Fsp3) is 0.400. The van der Waals surface area contributed by atoms with Crippen molar-refractivity contribution < 1.29 is 9.47 Å². The minimum atomic E-state index is 0.332. The third kappa shape index (κ3) is 3.49. The number of benzene rings is 1. The highest BCUT2D eigenvalue weighted by Gasteiger charge is 2.13. The largest absolute Gasteiger partial charge is 0.493 e. The SMILES string of the molecule is CCn1nc(C)cc1COc1c(CN)cc(Cl)cc1OC. The number of halogens is 1. The summed E-state index contributed by atoms with van der Waals surface area (Å²) >= 11 is 6.04. The maximum atomic E-state index is 6.04. The lowest BCUT2D eigenvalue weighted by molar-refractivity contribution is 0.271.